The van der Waals surface area contributed by atoms with Gasteiger partial charge in [-0.2, -0.15) is 0 Å². The zero-order valence-corrected chi connectivity index (χ0v) is 13.2. The topological polar surface area (TPSA) is 0 Å². The van der Waals surface area contributed by atoms with Gasteiger partial charge in [-0.3, -0.25) is 0 Å². The third-order valence-corrected chi connectivity index (χ3v) is 4.39. The quantitative estimate of drug-likeness (QED) is 0.475. The molecule has 1 aromatic carbocycles. The molecule has 1 aliphatic carbocycles. The van der Waals surface area contributed by atoms with E-state index in [1.165, 1.54) is 17.5 Å². The summed E-state index contributed by atoms with van der Waals surface area (Å²) >= 11 is 0. The molecule has 0 N–H and O–H groups in total. The first kappa shape index (κ1) is 17.9. The molecule has 0 amide bonds. The molecule has 4 heteroatoms. The number of hydrogen-bond donors (Lipinski definition) is 0. The Labute approximate surface area is 121 Å². The molecule has 0 bridgehead atoms. The summed E-state index contributed by atoms with van der Waals surface area (Å²) in [6, 6.07) is 8.73. The van der Waals surface area contributed by atoms with Gasteiger partial charge in [0.2, 0.25) is 0 Å². The van der Waals surface area contributed by atoms with Gasteiger partial charge in [-0.15, -0.1) is 0 Å². The van der Waals surface area contributed by atoms with E-state index in [1.54, 1.807) is 5.20 Å². The van der Waals surface area contributed by atoms with E-state index in [-0.39, 0.29) is 46.5 Å². The number of hydrogen-bond acceptors (Lipinski definition) is 0. The van der Waals surface area contributed by atoms with Crippen molar-refractivity contribution in [3.05, 3.63) is 40.6 Å². The molecule has 0 nitrogen and oxygen atoms in total. The van der Waals surface area contributed by atoms with E-state index in [9.17, 15) is 0 Å². The van der Waals surface area contributed by atoms with Crippen LogP contribution in [-0.4, -0.2) is 8.80 Å². The van der Waals surface area contributed by atoms with E-state index >= 15 is 0 Å². The van der Waals surface area contributed by atoms with Crippen molar-refractivity contribution < 1.29 is 46.5 Å². The fraction of sp³-hybridized carbons (Fsp3) is 0.273. The first-order valence-corrected chi connectivity index (χ1v) is 7.44. The molecule has 15 heavy (non-hydrogen) atoms. The van der Waals surface area contributed by atoms with Gasteiger partial charge in [0.15, 0.2) is 0 Å². The molecule has 0 aromatic heterocycles. The van der Waals surface area contributed by atoms with Crippen LogP contribution in [0.25, 0.3) is 6.08 Å². The summed E-state index contributed by atoms with van der Waals surface area (Å²) in [5.41, 5.74) is 2.97. The average Bonchev–Trinajstić information content (AvgIpc) is 2.46. The second-order valence-electron chi connectivity index (χ2n) is 3.75. The number of benzene rings is 1. The van der Waals surface area contributed by atoms with Gasteiger partial charge in [0.1, 0.15) is 0 Å². The Balaban J connectivity index is 0. The Morgan fingerprint density at radius 2 is 1.67 bits per heavy atom. The standard InChI is InChI=1S/C11H14Si.2ClH.Ti/c1-12(2)11-7-9-5-3-4-6-10(9)8-11;;;/h3-7,12H,8H2,1-2H3;2*1H;/q;;;+2/p-2. The van der Waals surface area contributed by atoms with E-state index in [0.29, 0.717) is 0 Å². The SMILES string of the molecule is C[SiH](C)C1=Cc2ccccc2C1.[Cl-].[Cl-].[Ti+2]. The molecule has 0 atom stereocenters. The van der Waals surface area contributed by atoms with Gasteiger partial charge < -0.3 is 24.8 Å². The molecule has 1 aliphatic rings. The Morgan fingerprint density at radius 1 is 1.07 bits per heavy atom. The molecule has 0 spiro atoms. The summed E-state index contributed by atoms with van der Waals surface area (Å²) in [6.45, 7) is 4.80. The van der Waals surface area contributed by atoms with Crippen LogP contribution in [0, 0.1) is 0 Å². The maximum Gasteiger partial charge on any atom is 2.00 e. The van der Waals surface area contributed by atoms with Crippen LogP contribution in [0.15, 0.2) is 29.5 Å². The minimum atomic E-state index is -0.548. The van der Waals surface area contributed by atoms with Gasteiger partial charge in [0, 0.05) is 0 Å². The second kappa shape index (κ2) is 7.70. The van der Waals surface area contributed by atoms with Crippen molar-refractivity contribution in [2.75, 3.05) is 0 Å². The zero-order chi connectivity index (χ0) is 8.55. The zero-order valence-electron chi connectivity index (χ0n) is 8.93. The molecule has 0 heterocycles. The van der Waals surface area contributed by atoms with Crippen molar-refractivity contribution in [2.24, 2.45) is 0 Å². The number of halogens is 2. The Bertz CT molecular complexity index is 337. The van der Waals surface area contributed by atoms with Gasteiger partial charge in [0.25, 0.3) is 0 Å². The van der Waals surface area contributed by atoms with Crippen LogP contribution < -0.4 is 24.8 Å². The fourth-order valence-corrected chi connectivity index (χ4v) is 2.82. The molecular formula is C11H14Cl2SiTi. The first-order chi connectivity index (χ1) is 5.77. The number of rotatable bonds is 1. The fourth-order valence-electron chi connectivity index (χ4n) is 1.68. The Morgan fingerprint density at radius 3 is 2.20 bits per heavy atom. The summed E-state index contributed by atoms with van der Waals surface area (Å²) in [5.74, 6) is 0. The van der Waals surface area contributed by atoms with Crippen molar-refractivity contribution in [3.63, 3.8) is 0 Å². The maximum atomic E-state index is 2.40. The summed E-state index contributed by atoms with van der Waals surface area (Å²) in [4.78, 5) is 0. The van der Waals surface area contributed by atoms with E-state index < -0.39 is 8.80 Å². The number of fused-ring (bicyclic) bond motifs is 1. The predicted molar refractivity (Wildman–Crippen MR) is 57.0 cm³/mol. The maximum absolute atomic E-state index is 2.40. The minimum Gasteiger partial charge on any atom is -1.00 e. The summed E-state index contributed by atoms with van der Waals surface area (Å²) < 4.78 is 0. The average molecular weight is 293 g/mol. The third kappa shape index (κ3) is 4.09. The van der Waals surface area contributed by atoms with Gasteiger partial charge >= 0.3 is 21.7 Å². The van der Waals surface area contributed by atoms with Gasteiger partial charge in [-0.1, -0.05) is 48.6 Å². The van der Waals surface area contributed by atoms with Crippen molar-refractivity contribution in [1.29, 1.82) is 0 Å². The van der Waals surface area contributed by atoms with E-state index in [1.807, 2.05) is 0 Å². The number of allylic oxidation sites excluding steroid dienone is 1. The Hall–Kier alpha value is 0.471. The van der Waals surface area contributed by atoms with Crippen LogP contribution in [0.2, 0.25) is 13.1 Å². The van der Waals surface area contributed by atoms with Crippen LogP contribution >= 0.6 is 0 Å². The molecule has 0 fully saturated rings. The molecule has 80 valence electrons. The largest absolute Gasteiger partial charge is 2.00 e. The summed E-state index contributed by atoms with van der Waals surface area (Å²) in [5, 5.41) is 1.70. The molecule has 1 aromatic rings. The normalized spacial score (nSPS) is 11.8. The first-order valence-electron chi connectivity index (χ1n) is 4.56. The summed E-state index contributed by atoms with van der Waals surface area (Å²) in [7, 11) is -0.548. The predicted octanol–water partition coefficient (Wildman–Crippen LogP) is -3.34. The van der Waals surface area contributed by atoms with Crippen LogP contribution in [0.3, 0.4) is 0 Å². The van der Waals surface area contributed by atoms with Crippen LogP contribution in [0.4, 0.5) is 0 Å². The second-order valence-corrected chi connectivity index (χ2v) is 6.80. The van der Waals surface area contributed by atoms with E-state index in [0.717, 1.165) is 0 Å². The van der Waals surface area contributed by atoms with Gasteiger partial charge in [-0.25, -0.2) is 0 Å². The van der Waals surface area contributed by atoms with Gasteiger partial charge in [-0.05, 0) is 17.5 Å². The molecule has 0 aliphatic heterocycles. The van der Waals surface area contributed by atoms with Crippen molar-refractivity contribution in [3.8, 4) is 0 Å². The minimum absolute atomic E-state index is 0. The Kier molecular flexibility index (Phi) is 9.16. The third-order valence-electron chi connectivity index (χ3n) is 2.53. The molecule has 0 unspecified atom stereocenters. The molecule has 2 rings (SSSR count). The van der Waals surface area contributed by atoms with Gasteiger partial charge in [0.05, 0.1) is 8.80 Å². The van der Waals surface area contributed by atoms with E-state index in [4.69, 9.17) is 0 Å². The summed E-state index contributed by atoms with van der Waals surface area (Å²) in [6.07, 6.45) is 3.62. The van der Waals surface area contributed by atoms with Crippen molar-refractivity contribution >= 4 is 14.9 Å². The van der Waals surface area contributed by atoms with Crippen molar-refractivity contribution in [1.82, 2.24) is 0 Å². The molecule has 0 radical (unpaired) electrons. The van der Waals surface area contributed by atoms with Crippen molar-refractivity contribution in [2.45, 2.75) is 19.5 Å². The molecule has 0 saturated heterocycles. The van der Waals surface area contributed by atoms with Crippen LogP contribution in [-0.2, 0) is 28.1 Å². The van der Waals surface area contributed by atoms with Crippen LogP contribution in [0.5, 0.6) is 0 Å². The smallest absolute Gasteiger partial charge is 1.00 e. The molecule has 0 saturated carbocycles. The van der Waals surface area contributed by atoms with Crippen LogP contribution in [0.1, 0.15) is 11.1 Å². The monoisotopic (exact) mass is 292 g/mol. The van der Waals surface area contributed by atoms with E-state index in [2.05, 4.69) is 43.4 Å². The molecular weight excluding hydrogens is 279 g/mol.